The summed E-state index contributed by atoms with van der Waals surface area (Å²) in [5.41, 5.74) is 0. The molecule has 1 aromatic rings. The first-order chi connectivity index (χ1) is 4.43. The summed E-state index contributed by atoms with van der Waals surface area (Å²) in [6, 6.07) is 0. The van der Waals surface area contributed by atoms with E-state index in [-0.39, 0.29) is 0 Å². The molecular weight excluding hydrogens is 114 g/mol. The van der Waals surface area contributed by atoms with E-state index in [1.807, 2.05) is 10.8 Å². The Balaban J connectivity index is 2.30. The fraction of sp³-hybridized carbons (Fsp3) is 0.571. The summed E-state index contributed by atoms with van der Waals surface area (Å²) in [6.45, 7) is 3.26. The molecule has 1 rings (SSSR count). The molecule has 0 N–H and O–H groups in total. The lowest BCUT2D eigenvalue weighted by Crippen LogP contribution is -2.29. The molecule has 50 valence electrons. The largest absolute Gasteiger partial charge is 0.412 e. The van der Waals surface area contributed by atoms with Crippen LogP contribution in [0.2, 0.25) is 0 Å². The van der Waals surface area contributed by atoms with E-state index in [0.29, 0.717) is 0 Å². The Morgan fingerprint density at radius 1 is 1.56 bits per heavy atom. The Labute approximate surface area is 55.1 Å². The van der Waals surface area contributed by atoms with Crippen LogP contribution < -0.4 is 4.57 Å². The van der Waals surface area contributed by atoms with Crippen molar-refractivity contribution in [2.45, 2.75) is 26.3 Å². The molecule has 0 aliphatic carbocycles. The molecule has 2 nitrogen and oxygen atoms in total. The topological polar surface area (TPSA) is 17.0 Å². The number of nitrogens with zero attached hydrogens (tertiary/aromatic N) is 1. The third-order valence-electron chi connectivity index (χ3n) is 1.30. The molecule has 0 aliphatic rings. The Morgan fingerprint density at radius 2 is 2.44 bits per heavy atom. The molecule has 0 atom stereocenters. The van der Waals surface area contributed by atoms with Crippen LogP contribution >= 0.6 is 0 Å². The van der Waals surface area contributed by atoms with E-state index in [4.69, 9.17) is 4.42 Å². The number of hydrogen-bond acceptors (Lipinski definition) is 1. The minimum Gasteiger partial charge on any atom is -0.412 e. The normalized spacial score (nSPS) is 9.89. The lowest BCUT2D eigenvalue weighted by Gasteiger charge is -1.85. The van der Waals surface area contributed by atoms with Gasteiger partial charge in [0.25, 0.3) is 0 Å². The van der Waals surface area contributed by atoms with Gasteiger partial charge in [-0.3, -0.25) is 0 Å². The average Bonchev–Trinajstić information content (AvgIpc) is 2.34. The first-order valence-corrected chi connectivity index (χ1v) is 3.34. The summed E-state index contributed by atoms with van der Waals surface area (Å²) in [5, 5.41) is 0. The zero-order valence-corrected chi connectivity index (χ0v) is 5.71. The monoisotopic (exact) mass is 126 g/mol. The SMILES string of the molecule is CCCC[n+]1ccoc1. The van der Waals surface area contributed by atoms with Crippen molar-refractivity contribution in [3.8, 4) is 0 Å². The second-order valence-electron chi connectivity index (χ2n) is 2.12. The molecule has 0 radical (unpaired) electrons. The highest BCUT2D eigenvalue weighted by molar-refractivity contribution is 4.46. The minimum atomic E-state index is 1.08. The van der Waals surface area contributed by atoms with E-state index in [2.05, 4.69) is 6.92 Å². The zero-order chi connectivity index (χ0) is 6.53. The van der Waals surface area contributed by atoms with Crippen LogP contribution in [0, 0.1) is 0 Å². The van der Waals surface area contributed by atoms with Crippen molar-refractivity contribution in [2.24, 2.45) is 0 Å². The third-order valence-corrected chi connectivity index (χ3v) is 1.30. The van der Waals surface area contributed by atoms with E-state index in [1.54, 1.807) is 12.7 Å². The Morgan fingerprint density at radius 3 is 3.00 bits per heavy atom. The van der Waals surface area contributed by atoms with Crippen molar-refractivity contribution in [1.29, 1.82) is 0 Å². The summed E-state index contributed by atoms with van der Waals surface area (Å²) in [7, 11) is 0. The maximum absolute atomic E-state index is 4.87. The molecule has 2 heteroatoms. The molecule has 0 bridgehead atoms. The number of aryl methyl sites for hydroxylation is 1. The van der Waals surface area contributed by atoms with Crippen molar-refractivity contribution in [2.75, 3.05) is 0 Å². The van der Waals surface area contributed by atoms with E-state index >= 15 is 0 Å². The van der Waals surface area contributed by atoms with E-state index in [1.165, 1.54) is 12.8 Å². The molecule has 1 aromatic heterocycles. The number of rotatable bonds is 3. The Bertz CT molecular complexity index is 146. The molecule has 0 aliphatic heterocycles. The lowest BCUT2D eigenvalue weighted by molar-refractivity contribution is -0.700. The molecule has 9 heavy (non-hydrogen) atoms. The molecular formula is C7H12NO+. The fourth-order valence-corrected chi connectivity index (χ4v) is 0.730. The summed E-state index contributed by atoms with van der Waals surface area (Å²) in [4.78, 5) is 0. The predicted molar refractivity (Wildman–Crippen MR) is 33.8 cm³/mol. The van der Waals surface area contributed by atoms with Gasteiger partial charge in [-0.1, -0.05) is 13.3 Å². The fourth-order valence-electron chi connectivity index (χ4n) is 0.730. The van der Waals surface area contributed by atoms with Gasteiger partial charge < -0.3 is 4.42 Å². The Kier molecular flexibility index (Phi) is 2.31. The number of oxazole rings is 1. The molecule has 0 amide bonds. The van der Waals surface area contributed by atoms with Gasteiger partial charge >= 0.3 is 6.39 Å². The second kappa shape index (κ2) is 3.28. The number of aromatic nitrogens is 1. The summed E-state index contributed by atoms with van der Waals surface area (Å²) in [5.74, 6) is 0. The highest BCUT2D eigenvalue weighted by Crippen LogP contribution is 1.85. The second-order valence-corrected chi connectivity index (χ2v) is 2.12. The van der Waals surface area contributed by atoms with Crippen LogP contribution in [0.4, 0.5) is 0 Å². The van der Waals surface area contributed by atoms with E-state index < -0.39 is 0 Å². The zero-order valence-electron chi connectivity index (χ0n) is 5.71. The van der Waals surface area contributed by atoms with E-state index in [0.717, 1.165) is 6.54 Å². The predicted octanol–water partition coefficient (Wildman–Crippen LogP) is 1.37. The quantitative estimate of drug-likeness (QED) is 0.559. The van der Waals surface area contributed by atoms with Crippen LogP contribution in [0.1, 0.15) is 19.8 Å². The number of hydrogen-bond donors (Lipinski definition) is 0. The molecule has 0 unspecified atom stereocenters. The molecule has 0 saturated carbocycles. The van der Waals surface area contributed by atoms with Crippen molar-refractivity contribution >= 4 is 0 Å². The van der Waals surface area contributed by atoms with Crippen LogP contribution in [-0.2, 0) is 6.54 Å². The molecule has 0 saturated heterocycles. The number of unbranched alkanes of at least 4 members (excludes halogenated alkanes) is 1. The summed E-state index contributed by atoms with van der Waals surface area (Å²) >= 11 is 0. The standard InChI is InChI=1S/C7H12NO/c1-2-3-4-8-5-6-9-7-8/h5-7H,2-4H2,1H3/q+1. The minimum absolute atomic E-state index is 1.08. The highest BCUT2D eigenvalue weighted by atomic mass is 16.3. The van der Waals surface area contributed by atoms with Crippen molar-refractivity contribution in [3.05, 3.63) is 18.9 Å². The molecule has 1 heterocycles. The summed E-state index contributed by atoms with van der Waals surface area (Å²) < 4.78 is 6.92. The first-order valence-electron chi connectivity index (χ1n) is 3.34. The molecule has 0 aromatic carbocycles. The van der Waals surface area contributed by atoms with Crippen molar-refractivity contribution < 1.29 is 8.98 Å². The maximum Gasteiger partial charge on any atom is 0.334 e. The van der Waals surface area contributed by atoms with E-state index in [9.17, 15) is 0 Å². The van der Waals surface area contributed by atoms with Crippen LogP contribution in [0.5, 0.6) is 0 Å². The van der Waals surface area contributed by atoms with Gasteiger partial charge in [-0.2, -0.15) is 4.57 Å². The van der Waals surface area contributed by atoms with Crippen molar-refractivity contribution in [1.82, 2.24) is 0 Å². The van der Waals surface area contributed by atoms with Crippen LogP contribution in [0.25, 0.3) is 0 Å². The van der Waals surface area contributed by atoms with Gasteiger partial charge in [-0.25, -0.2) is 0 Å². The summed E-state index contributed by atoms with van der Waals surface area (Å²) in [6.07, 6.45) is 7.82. The third kappa shape index (κ3) is 1.88. The highest BCUT2D eigenvalue weighted by Gasteiger charge is 1.96. The van der Waals surface area contributed by atoms with Crippen LogP contribution in [-0.4, -0.2) is 0 Å². The maximum atomic E-state index is 4.87. The smallest absolute Gasteiger partial charge is 0.334 e. The van der Waals surface area contributed by atoms with Gasteiger partial charge in [-0.15, -0.1) is 0 Å². The van der Waals surface area contributed by atoms with Gasteiger partial charge in [0.1, 0.15) is 0 Å². The van der Waals surface area contributed by atoms with Gasteiger partial charge in [0.2, 0.25) is 6.20 Å². The van der Waals surface area contributed by atoms with Crippen LogP contribution in [0.15, 0.2) is 23.3 Å². The van der Waals surface area contributed by atoms with Crippen molar-refractivity contribution in [3.63, 3.8) is 0 Å². The van der Waals surface area contributed by atoms with Crippen LogP contribution in [0.3, 0.4) is 0 Å². The molecule has 0 spiro atoms. The Hall–Kier alpha value is -0.790. The van der Waals surface area contributed by atoms with Gasteiger partial charge in [-0.05, 0) is 0 Å². The first kappa shape index (κ1) is 6.33. The molecule has 0 fully saturated rings. The van der Waals surface area contributed by atoms with Gasteiger partial charge in [0, 0.05) is 6.42 Å². The van der Waals surface area contributed by atoms with Gasteiger partial charge in [0.05, 0.1) is 0 Å². The van der Waals surface area contributed by atoms with Gasteiger partial charge in [0.15, 0.2) is 12.8 Å². The average molecular weight is 126 g/mol. The lowest BCUT2D eigenvalue weighted by atomic mass is 10.3.